The maximum Gasteiger partial charge on any atom is 0.311 e. The Morgan fingerprint density at radius 2 is 1.96 bits per heavy atom. The summed E-state index contributed by atoms with van der Waals surface area (Å²) in [7, 11) is 0. The molecule has 1 N–H and O–H groups in total. The van der Waals surface area contributed by atoms with Crippen molar-refractivity contribution < 1.29 is 19.1 Å². The van der Waals surface area contributed by atoms with Gasteiger partial charge < -0.3 is 14.4 Å². The lowest BCUT2D eigenvalue weighted by Crippen LogP contribution is -2.39. The summed E-state index contributed by atoms with van der Waals surface area (Å²) in [6.45, 7) is 4.50. The second-order valence-electron chi connectivity index (χ2n) is 7.13. The molecule has 5 heteroatoms. The molecule has 1 aliphatic carbocycles. The standard InChI is InChI=1S/C21H25NO4/c1-14-13-26-18(11-19(23)24)20(14)21(25)22(12-16-7-6-8-16)15(2)17-9-4-3-5-10-17/h3-5,9-10,13,15-16H,6-8,11-12H2,1-2H3,(H,23,24). The van der Waals surface area contributed by atoms with E-state index in [0.29, 0.717) is 23.6 Å². The second kappa shape index (κ2) is 7.77. The summed E-state index contributed by atoms with van der Waals surface area (Å²) < 4.78 is 5.38. The van der Waals surface area contributed by atoms with Gasteiger partial charge in [0.15, 0.2) is 0 Å². The van der Waals surface area contributed by atoms with Gasteiger partial charge in [-0.1, -0.05) is 36.8 Å². The number of benzene rings is 1. The molecule has 0 bridgehead atoms. The smallest absolute Gasteiger partial charge is 0.311 e. The molecule has 0 aliphatic heterocycles. The van der Waals surface area contributed by atoms with Crippen molar-refractivity contribution in [1.29, 1.82) is 0 Å². The van der Waals surface area contributed by atoms with Gasteiger partial charge in [0.2, 0.25) is 0 Å². The van der Waals surface area contributed by atoms with Crippen molar-refractivity contribution in [2.24, 2.45) is 5.92 Å². The van der Waals surface area contributed by atoms with E-state index in [9.17, 15) is 9.59 Å². The minimum atomic E-state index is -1.00. The molecule has 2 aromatic rings. The zero-order chi connectivity index (χ0) is 18.7. The molecular formula is C21H25NO4. The first-order chi connectivity index (χ1) is 12.5. The number of nitrogens with zero attached hydrogens (tertiary/aromatic N) is 1. The van der Waals surface area contributed by atoms with Gasteiger partial charge in [0, 0.05) is 12.1 Å². The molecule has 5 nitrogen and oxygen atoms in total. The van der Waals surface area contributed by atoms with Crippen LogP contribution in [0.4, 0.5) is 0 Å². The lowest BCUT2D eigenvalue weighted by molar-refractivity contribution is -0.136. The first-order valence-corrected chi connectivity index (χ1v) is 9.12. The fourth-order valence-electron chi connectivity index (χ4n) is 3.48. The molecular weight excluding hydrogens is 330 g/mol. The number of rotatable bonds is 7. The molecule has 1 aromatic heterocycles. The van der Waals surface area contributed by atoms with Gasteiger partial charge in [0.1, 0.15) is 12.2 Å². The molecule has 1 heterocycles. The number of carboxylic acids is 1. The first-order valence-electron chi connectivity index (χ1n) is 9.12. The van der Waals surface area contributed by atoms with E-state index in [2.05, 4.69) is 0 Å². The van der Waals surface area contributed by atoms with E-state index in [4.69, 9.17) is 9.52 Å². The van der Waals surface area contributed by atoms with Crippen molar-refractivity contribution in [1.82, 2.24) is 4.90 Å². The van der Waals surface area contributed by atoms with Crippen LogP contribution >= 0.6 is 0 Å². The number of carbonyl (C=O) groups excluding carboxylic acids is 1. The zero-order valence-electron chi connectivity index (χ0n) is 15.3. The van der Waals surface area contributed by atoms with Crippen LogP contribution in [0, 0.1) is 12.8 Å². The third-order valence-electron chi connectivity index (χ3n) is 5.27. The molecule has 1 atom stereocenters. The van der Waals surface area contributed by atoms with Crippen molar-refractivity contribution in [2.45, 2.75) is 45.6 Å². The summed E-state index contributed by atoms with van der Waals surface area (Å²) in [5.74, 6) is -0.398. The Morgan fingerprint density at radius 3 is 2.54 bits per heavy atom. The predicted octanol–water partition coefficient (Wildman–Crippen LogP) is 4.22. The largest absolute Gasteiger partial charge is 0.481 e. The molecule has 1 unspecified atom stereocenters. The maximum absolute atomic E-state index is 13.4. The highest BCUT2D eigenvalue weighted by Crippen LogP contribution is 2.32. The van der Waals surface area contributed by atoms with Crippen molar-refractivity contribution in [3.8, 4) is 0 Å². The van der Waals surface area contributed by atoms with Crippen LogP contribution in [0.1, 0.15) is 59.5 Å². The van der Waals surface area contributed by atoms with Crippen LogP contribution in [0.2, 0.25) is 0 Å². The number of carbonyl (C=O) groups is 2. The van der Waals surface area contributed by atoms with Gasteiger partial charge in [0.05, 0.1) is 17.9 Å². The van der Waals surface area contributed by atoms with E-state index in [-0.39, 0.29) is 24.1 Å². The van der Waals surface area contributed by atoms with Gasteiger partial charge in [0.25, 0.3) is 5.91 Å². The maximum atomic E-state index is 13.4. The molecule has 1 fully saturated rings. The summed E-state index contributed by atoms with van der Waals surface area (Å²) in [5.41, 5.74) is 2.15. The topological polar surface area (TPSA) is 70.7 Å². The molecule has 1 saturated carbocycles. The lowest BCUT2D eigenvalue weighted by atomic mass is 9.84. The lowest BCUT2D eigenvalue weighted by Gasteiger charge is -2.36. The summed E-state index contributed by atoms with van der Waals surface area (Å²) in [4.78, 5) is 26.4. The fourth-order valence-corrected chi connectivity index (χ4v) is 3.48. The number of carboxylic acid groups (broad SMARTS) is 1. The Hall–Kier alpha value is -2.56. The number of furan rings is 1. The molecule has 1 aromatic carbocycles. The molecule has 0 saturated heterocycles. The van der Waals surface area contributed by atoms with Crippen LogP contribution in [-0.4, -0.2) is 28.4 Å². The second-order valence-corrected chi connectivity index (χ2v) is 7.13. The average molecular weight is 355 g/mol. The fraction of sp³-hybridized carbons (Fsp3) is 0.429. The number of amides is 1. The van der Waals surface area contributed by atoms with Crippen LogP contribution in [0.25, 0.3) is 0 Å². The van der Waals surface area contributed by atoms with E-state index in [1.54, 1.807) is 6.92 Å². The summed E-state index contributed by atoms with van der Waals surface area (Å²) in [6.07, 6.45) is 4.67. The molecule has 26 heavy (non-hydrogen) atoms. The monoisotopic (exact) mass is 355 g/mol. The minimum Gasteiger partial charge on any atom is -0.481 e. The summed E-state index contributed by atoms with van der Waals surface area (Å²) in [6, 6.07) is 9.85. The van der Waals surface area contributed by atoms with E-state index in [0.717, 1.165) is 18.4 Å². The summed E-state index contributed by atoms with van der Waals surface area (Å²) >= 11 is 0. The average Bonchev–Trinajstić information content (AvgIpc) is 2.93. The number of aryl methyl sites for hydroxylation is 1. The molecule has 1 amide bonds. The van der Waals surface area contributed by atoms with Crippen LogP contribution in [0.15, 0.2) is 41.0 Å². The van der Waals surface area contributed by atoms with Crippen LogP contribution in [-0.2, 0) is 11.2 Å². The van der Waals surface area contributed by atoms with E-state index < -0.39 is 5.97 Å². The van der Waals surface area contributed by atoms with Crippen molar-refractivity contribution in [3.63, 3.8) is 0 Å². The third-order valence-corrected chi connectivity index (χ3v) is 5.27. The highest BCUT2D eigenvalue weighted by Gasteiger charge is 2.31. The predicted molar refractivity (Wildman–Crippen MR) is 98.0 cm³/mol. The van der Waals surface area contributed by atoms with Gasteiger partial charge in [-0.15, -0.1) is 0 Å². The van der Waals surface area contributed by atoms with Crippen molar-refractivity contribution in [2.75, 3.05) is 6.54 Å². The molecule has 138 valence electrons. The molecule has 0 radical (unpaired) electrons. The highest BCUT2D eigenvalue weighted by atomic mass is 16.4. The molecule has 3 rings (SSSR count). The Bertz CT molecular complexity index is 777. The van der Waals surface area contributed by atoms with Gasteiger partial charge in [-0.2, -0.15) is 0 Å². The van der Waals surface area contributed by atoms with Crippen LogP contribution < -0.4 is 0 Å². The van der Waals surface area contributed by atoms with Crippen LogP contribution in [0.5, 0.6) is 0 Å². The number of aliphatic carboxylic acids is 1. The minimum absolute atomic E-state index is 0.0868. The number of hydrogen-bond donors (Lipinski definition) is 1. The van der Waals surface area contributed by atoms with Crippen molar-refractivity contribution in [3.05, 3.63) is 59.0 Å². The van der Waals surface area contributed by atoms with Gasteiger partial charge in [-0.25, -0.2) is 0 Å². The van der Waals surface area contributed by atoms with Crippen molar-refractivity contribution >= 4 is 11.9 Å². The van der Waals surface area contributed by atoms with E-state index in [1.807, 2.05) is 42.2 Å². The quantitative estimate of drug-likeness (QED) is 0.807. The van der Waals surface area contributed by atoms with E-state index >= 15 is 0 Å². The first kappa shape index (κ1) is 18.2. The molecule has 1 aliphatic rings. The Balaban J connectivity index is 1.92. The van der Waals surface area contributed by atoms with E-state index in [1.165, 1.54) is 12.7 Å². The Labute approximate surface area is 153 Å². The number of hydrogen-bond acceptors (Lipinski definition) is 3. The summed E-state index contributed by atoms with van der Waals surface area (Å²) in [5, 5.41) is 9.12. The normalized spacial score (nSPS) is 15.3. The van der Waals surface area contributed by atoms with Gasteiger partial charge in [-0.05, 0) is 38.2 Å². The van der Waals surface area contributed by atoms with Gasteiger partial charge in [-0.3, -0.25) is 9.59 Å². The van der Waals surface area contributed by atoms with Crippen LogP contribution in [0.3, 0.4) is 0 Å². The van der Waals surface area contributed by atoms with Gasteiger partial charge >= 0.3 is 5.97 Å². The zero-order valence-corrected chi connectivity index (χ0v) is 15.3. The SMILES string of the molecule is Cc1coc(CC(=O)O)c1C(=O)N(CC1CCC1)C(C)c1ccccc1. The third kappa shape index (κ3) is 3.82. The Morgan fingerprint density at radius 1 is 1.27 bits per heavy atom. The highest BCUT2D eigenvalue weighted by molar-refractivity contribution is 5.97. The Kier molecular flexibility index (Phi) is 5.45. The molecule has 0 spiro atoms.